The lowest BCUT2D eigenvalue weighted by atomic mass is 9.44. The molecule has 1 heterocycles. The Morgan fingerprint density at radius 3 is 2.45 bits per heavy atom. The van der Waals surface area contributed by atoms with E-state index in [1.807, 2.05) is 4.90 Å². The second kappa shape index (κ2) is 9.45. The number of piperazine rings is 1. The molecule has 1 N–H and O–H groups in total. The van der Waals surface area contributed by atoms with Gasteiger partial charge in [-0.15, -0.1) is 0 Å². The molecule has 204 valence electrons. The van der Waals surface area contributed by atoms with Crippen molar-refractivity contribution in [3.63, 3.8) is 0 Å². The number of nitrogens with zero attached hydrogens (tertiary/aromatic N) is 3. The van der Waals surface area contributed by atoms with E-state index in [1.54, 1.807) is 24.3 Å². The van der Waals surface area contributed by atoms with E-state index in [-0.39, 0.29) is 16.7 Å². The molecule has 5 fully saturated rings. The molecule has 1 aromatic rings. The second-order valence-electron chi connectivity index (χ2n) is 13.8. The second-order valence-corrected chi connectivity index (χ2v) is 13.8. The number of carbonyl (C=O) groups excluding carboxylic acids is 2. The summed E-state index contributed by atoms with van der Waals surface area (Å²) in [6.07, 6.45) is 9.38. The smallest absolute Gasteiger partial charge is 0.253 e. The van der Waals surface area contributed by atoms with Crippen molar-refractivity contribution in [2.45, 2.75) is 77.2 Å². The fraction of sp³-hybridized carbons (Fsp3) is 0.719. The van der Waals surface area contributed by atoms with Crippen LogP contribution < -0.4 is 0 Å². The van der Waals surface area contributed by atoms with Gasteiger partial charge in [0.1, 0.15) is 5.78 Å². The molecule has 7 atom stereocenters. The van der Waals surface area contributed by atoms with Crippen molar-refractivity contribution in [2.24, 2.45) is 34.5 Å². The highest BCUT2D eigenvalue weighted by Gasteiger charge is 2.61. The molecule has 38 heavy (non-hydrogen) atoms. The Balaban J connectivity index is 1.06. The van der Waals surface area contributed by atoms with Crippen LogP contribution in [0.25, 0.3) is 0 Å². The third kappa shape index (κ3) is 4.21. The molecule has 6 nitrogen and oxygen atoms in total. The number of Topliss-reactive ketones (excluding diaryl/α,β-unsaturated/α-hetero) is 1. The highest BCUT2D eigenvalue weighted by atomic mass is 16.3. The molecule has 0 unspecified atom stereocenters. The number of nitriles is 1. The van der Waals surface area contributed by atoms with Gasteiger partial charge in [-0.2, -0.15) is 5.26 Å². The lowest BCUT2D eigenvalue weighted by Gasteiger charge is -2.61. The van der Waals surface area contributed by atoms with E-state index in [0.29, 0.717) is 60.2 Å². The number of rotatable bonds is 3. The first-order valence-corrected chi connectivity index (χ1v) is 14.9. The molecule has 0 spiro atoms. The van der Waals surface area contributed by atoms with E-state index in [1.165, 1.54) is 19.3 Å². The summed E-state index contributed by atoms with van der Waals surface area (Å²) in [5.41, 5.74) is 0.760. The van der Waals surface area contributed by atoms with Gasteiger partial charge in [-0.3, -0.25) is 14.5 Å². The molecule has 6 rings (SSSR count). The normalized spacial score (nSPS) is 41.1. The van der Waals surface area contributed by atoms with Crippen molar-refractivity contribution in [2.75, 3.05) is 32.7 Å². The lowest BCUT2D eigenvalue weighted by molar-refractivity contribution is -0.157. The standard InChI is InChI=1S/C32H43N3O3/c1-30-13-14-32(38,19-24(30)7-8-25-26-9-10-28(36)31(26,2)12-11-27(25)30)21-34-15-17-35(18-16-34)29(37)23-5-3-22(20-33)4-6-23/h3-6,24-27,38H,7-19,21H2,1-2H3/t24-,25-,26-,27-,30-,31-,32+/m0/s1. The maximum absolute atomic E-state index is 12.9. The zero-order valence-electron chi connectivity index (χ0n) is 23.1. The maximum atomic E-state index is 12.9. The Kier molecular flexibility index (Phi) is 6.47. The molecule has 1 aromatic carbocycles. The van der Waals surface area contributed by atoms with E-state index in [0.717, 1.165) is 51.6 Å². The highest BCUT2D eigenvalue weighted by molar-refractivity contribution is 5.94. The molecule has 0 aromatic heterocycles. The molecule has 1 saturated heterocycles. The molecule has 5 aliphatic rings. The fourth-order valence-electron chi connectivity index (χ4n) is 9.63. The van der Waals surface area contributed by atoms with Gasteiger partial charge in [-0.25, -0.2) is 0 Å². The SMILES string of the molecule is C[C@]12CC[C@](O)(CN3CCN(C(=O)c4ccc(C#N)cc4)CC3)C[C@@H]1CC[C@@H]1[C@@H]2CC[C@]2(C)C(=O)CC[C@@H]12. The number of fused-ring (bicyclic) bond motifs is 5. The van der Waals surface area contributed by atoms with E-state index >= 15 is 0 Å². The Labute approximate surface area is 227 Å². The summed E-state index contributed by atoms with van der Waals surface area (Å²) >= 11 is 0. The minimum Gasteiger partial charge on any atom is -0.389 e. The van der Waals surface area contributed by atoms with Crippen LogP contribution in [0.4, 0.5) is 0 Å². The summed E-state index contributed by atoms with van der Waals surface area (Å²) in [6, 6.07) is 8.97. The predicted molar refractivity (Wildman–Crippen MR) is 145 cm³/mol. The Morgan fingerprint density at radius 2 is 1.74 bits per heavy atom. The zero-order valence-corrected chi connectivity index (χ0v) is 23.1. The summed E-state index contributed by atoms with van der Waals surface area (Å²) in [5, 5.41) is 20.8. The first-order valence-electron chi connectivity index (χ1n) is 14.9. The molecule has 4 aliphatic carbocycles. The van der Waals surface area contributed by atoms with Crippen LogP contribution in [0.5, 0.6) is 0 Å². The van der Waals surface area contributed by atoms with Crippen molar-refractivity contribution in [3.05, 3.63) is 35.4 Å². The summed E-state index contributed by atoms with van der Waals surface area (Å²) in [6.45, 7) is 8.37. The van der Waals surface area contributed by atoms with E-state index in [9.17, 15) is 14.7 Å². The molecular weight excluding hydrogens is 474 g/mol. The summed E-state index contributed by atoms with van der Waals surface area (Å²) in [7, 11) is 0. The Morgan fingerprint density at radius 1 is 1.00 bits per heavy atom. The van der Waals surface area contributed by atoms with E-state index < -0.39 is 5.60 Å². The maximum Gasteiger partial charge on any atom is 0.253 e. The Hall–Kier alpha value is -2.23. The van der Waals surface area contributed by atoms with Gasteiger partial charge in [-0.05, 0) is 105 Å². The molecule has 1 aliphatic heterocycles. The van der Waals surface area contributed by atoms with Crippen LogP contribution in [-0.2, 0) is 4.79 Å². The highest BCUT2D eigenvalue weighted by Crippen LogP contribution is 2.66. The summed E-state index contributed by atoms with van der Waals surface area (Å²) < 4.78 is 0. The van der Waals surface area contributed by atoms with Gasteiger partial charge in [0.25, 0.3) is 5.91 Å². The van der Waals surface area contributed by atoms with Crippen LogP contribution >= 0.6 is 0 Å². The van der Waals surface area contributed by atoms with Crippen LogP contribution in [0, 0.1) is 45.8 Å². The van der Waals surface area contributed by atoms with Gasteiger partial charge in [0.15, 0.2) is 0 Å². The third-order valence-electron chi connectivity index (χ3n) is 12.0. The number of aliphatic hydroxyl groups is 1. The lowest BCUT2D eigenvalue weighted by Crippen LogP contribution is -2.59. The summed E-state index contributed by atoms with van der Waals surface area (Å²) in [4.78, 5) is 29.9. The van der Waals surface area contributed by atoms with Crippen LogP contribution in [0.2, 0.25) is 0 Å². The van der Waals surface area contributed by atoms with Crippen molar-refractivity contribution in [1.82, 2.24) is 9.80 Å². The number of amides is 1. The molecule has 0 radical (unpaired) electrons. The number of benzene rings is 1. The van der Waals surface area contributed by atoms with Crippen molar-refractivity contribution >= 4 is 11.7 Å². The molecule has 1 amide bonds. The van der Waals surface area contributed by atoms with Gasteiger partial charge in [0.2, 0.25) is 0 Å². The van der Waals surface area contributed by atoms with Gasteiger partial charge < -0.3 is 10.0 Å². The third-order valence-corrected chi connectivity index (χ3v) is 12.0. The van der Waals surface area contributed by atoms with Gasteiger partial charge in [0, 0.05) is 50.1 Å². The van der Waals surface area contributed by atoms with Crippen LogP contribution in [0.3, 0.4) is 0 Å². The van der Waals surface area contributed by atoms with E-state index in [4.69, 9.17) is 5.26 Å². The molecule has 4 saturated carbocycles. The minimum absolute atomic E-state index is 0.0191. The number of hydrogen-bond acceptors (Lipinski definition) is 5. The number of carbonyl (C=O) groups is 2. The fourth-order valence-corrected chi connectivity index (χ4v) is 9.63. The van der Waals surface area contributed by atoms with Gasteiger partial charge >= 0.3 is 0 Å². The van der Waals surface area contributed by atoms with Crippen molar-refractivity contribution in [1.29, 1.82) is 5.26 Å². The number of ketones is 1. The predicted octanol–water partition coefficient (Wildman–Crippen LogP) is 4.66. The number of hydrogen-bond donors (Lipinski definition) is 1. The van der Waals surface area contributed by atoms with Crippen molar-refractivity contribution < 1.29 is 14.7 Å². The Bertz CT molecular complexity index is 1140. The molecule has 6 heteroatoms. The first-order chi connectivity index (χ1) is 18.1. The van der Waals surface area contributed by atoms with Crippen LogP contribution in [0.1, 0.15) is 87.6 Å². The van der Waals surface area contributed by atoms with Gasteiger partial charge in [0.05, 0.1) is 17.2 Å². The average molecular weight is 518 g/mol. The van der Waals surface area contributed by atoms with E-state index in [2.05, 4.69) is 24.8 Å². The minimum atomic E-state index is -0.650. The summed E-state index contributed by atoms with van der Waals surface area (Å²) in [5.74, 6) is 3.07. The monoisotopic (exact) mass is 517 g/mol. The number of β-amino-alcohol motifs (C(OH)–C–C–N with tert-alkyl or cyclic N) is 1. The topological polar surface area (TPSA) is 84.6 Å². The largest absolute Gasteiger partial charge is 0.389 e. The van der Waals surface area contributed by atoms with Crippen LogP contribution in [-0.4, -0.2) is 64.9 Å². The van der Waals surface area contributed by atoms with Crippen LogP contribution in [0.15, 0.2) is 24.3 Å². The average Bonchev–Trinajstić information content (AvgIpc) is 3.23. The zero-order chi connectivity index (χ0) is 26.7. The quantitative estimate of drug-likeness (QED) is 0.631. The molecular formula is C32H43N3O3. The first kappa shape index (κ1) is 26.0. The molecule has 0 bridgehead atoms. The van der Waals surface area contributed by atoms with Gasteiger partial charge in [-0.1, -0.05) is 13.8 Å². The van der Waals surface area contributed by atoms with Crippen molar-refractivity contribution in [3.8, 4) is 6.07 Å².